The molecule has 1 unspecified atom stereocenters. The predicted molar refractivity (Wildman–Crippen MR) is 124 cm³/mol. The summed E-state index contributed by atoms with van der Waals surface area (Å²) in [6.07, 6.45) is 0.265. The zero-order chi connectivity index (χ0) is 22.8. The van der Waals surface area contributed by atoms with Gasteiger partial charge in [0.05, 0.1) is 0 Å². The minimum Gasteiger partial charge on any atom is -0.480 e. The van der Waals surface area contributed by atoms with Crippen LogP contribution < -0.4 is 5.32 Å². The van der Waals surface area contributed by atoms with Gasteiger partial charge in [-0.1, -0.05) is 98.0 Å². The first kappa shape index (κ1) is 24.7. The van der Waals surface area contributed by atoms with Gasteiger partial charge >= 0.3 is 5.97 Å². The molecular weight excluding hydrogens is 434 g/mol. The van der Waals surface area contributed by atoms with E-state index in [4.69, 9.17) is 0 Å². The molecular formula is C23H25NO5S2. The Morgan fingerprint density at radius 3 is 1.87 bits per heavy atom. The van der Waals surface area contributed by atoms with Crippen LogP contribution in [0.15, 0.2) is 60.7 Å². The zero-order valence-corrected chi connectivity index (χ0v) is 18.9. The quantitative estimate of drug-likeness (QED) is 0.551. The van der Waals surface area contributed by atoms with Gasteiger partial charge < -0.3 is 10.4 Å². The molecule has 0 aliphatic rings. The highest BCUT2D eigenvalue weighted by Gasteiger charge is 2.29. The number of carbonyl (C=O) groups excluding carboxylic acids is 3. The second-order valence-electron chi connectivity index (χ2n) is 7.25. The maximum absolute atomic E-state index is 12.9. The summed E-state index contributed by atoms with van der Waals surface area (Å²) in [4.78, 5) is 49.5. The molecule has 31 heavy (non-hydrogen) atoms. The van der Waals surface area contributed by atoms with Crippen molar-refractivity contribution in [2.24, 2.45) is 5.92 Å². The van der Waals surface area contributed by atoms with Crippen molar-refractivity contribution >= 4 is 45.6 Å². The summed E-state index contributed by atoms with van der Waals surface area (Å²) in [5, 5.41) is 10.5. The monoisotopic (exact) mass is 459 g/mol. The highest BCUT2D eigenvalue weighted by atomic mass is 32.2. The van der Waals surface area contributed by atoms with Crippen LogP contribution in [0.3, 0.4) is 0 Å². The number of carboxylic acids is 1. The molecule has 2 rings (SSSR count). The average molecular weight is 460 g/mol. The van der Waals surface area contributed by atoms with Gasteiger partial charge in [-0.3, -0.25) is 14.4 Å². The fourth-order valence-electron chi connectivity index (χ4n) is 2.70. The molecule has 2 aromatic carbocycles. The maximum atomic E-state index is 12.9. The Bertz CT molecular complexity index is 903. The van der Waals surface area contributed by atoms with Crippen molar-refractivity contribution in [3.05, 3.63) is 71.8 Å². The third-order valence-corrected chi connectivity index (χ3v) is 6.57. The van der Waals surface area contributed by atoms with Crippen LogP contribution in [-0.2, 0) is 9.59 Å². The molecule has 0 spiro atoms. The first-order valence-corrected chi connectivity index (χ1v) is 11.7. The van der Waals surface area contributed by atoms with E-state index in [2.05, 4.69) is 5.32 Å². The number of nitrogens with one attached hydrogen (secondary N) is 1. The molecule has 8 heteroatoms. The number of carbonyl (C=O) groups is 4. The van der Waals surface area contributed by atoms with Crippen LogP contribution in [0, 0.1) is 5.92 Å². The summed E-state index contributed by atoms with van der Waals surface area (Å²) in [6.45, 7) is 3.73. The highest BCUT2D eigenvalue weighted by Crippen LogP contribution is 2.24. The molecule has 2 N–H and O–H groups in total. The van der Waals surface area contributed by atoms with Gasteiger partial charge in [0.1, 0.15) is 11.3 Å². The molecule has 0 radical (unpaired) electrons. The number of rotatable bonds is 10. The molecule has 2 atom stereocenters. The largest absolute Gasteiger partial charge is 0.480 e. The first-order chi connectivity index (χ1) is 14.8. The van der Waals surface area contributed by atoms with Crippen LogP contribution in [-0.4, -0.2) is 44.3 Å². The summed E-state index contributed by atoms with van der Waals surface area (Å²) in [5.74, 6) is -1.60. The molecule has 1 amide bonds. The normalized spacial score (nSPS) is 12.7. The summed E-state index contributed by atoms with van der Waals surface area (Å²) in [6, 6.07) is 16.1. The van der Waals surface area contributed by atoms with E-state index in [1.54, 1.807) is 60.7 Å². The lowest BCUT2D eigenvalue weighted by atomic mass is 10.0. The van der Waals surface area contributed by atoms with E-state index in [-0.39, 0.29) is 28.3 Å². The van der Waals surface area contributed by atoms with Gasteiger partial charge in [0.15, 0.2) is 0 Å². The molecule has 0 saturated carbocycles. The average Bonchev–Trinajstić information content (AvgIpc) is 2.76. The van der Waals surface area contributed by atoms with Gasteiger partial charge in [0.25, 0.3) is 0 Å². The molecule has 0 saturated heterocycles. The number of aliphatic carboxylic acids is 1. The second kappa shape index (κ2) is 12.3. The molecule has 164 valence electrons. The molecule has 2 aromatic rings. The van der Waals surface area contributed by atoms with Crippen molar-refractivity contribution in [1.82, 2.24) is 5.32 Å². The minimum absolute atomic E-state index is 0.0385. The van der Waals surface area contributed by atoms with E-state index < -0.39 is 23.2 Å². The number of hydrogen-bond donors (Lipinski definition) is 2. The number of hydrogen-bond acceptors (Lipinski definition) is 6. The van der Waals surface area contributed by atoms with Crippen LogP contribution in [0.5, 0.6) is 0 Å². The van der Waals surface area contributed by atoms with Crippen LogP contribution in [0.2, 0.25) is 0 Å². The second-order valence-corrected chi connectivity index (χ2v) is 9.42. The number of benzene rings is 2. The lowest BCUT2D eigenvalue weighted by Crippen LogP contribution is -2.46. The van der Waals surface area contributed by atoms with Crippen molar-refractivity contribution in [2.75, 3.05) is 5.75 Å². The highest BCUT2D eigenvalue weighted by molar-refractivity contribution is 8.18. The SMILES string of the molecule is CC(C)C[C@H](NC(=O)C(CSC(=O)c1ccccc1)SC(=O)c1ccccc1)C(=O)O. The molecule has 0 heterocycles. The summed E-state index contributed by atoms with van der Waals surface area (Å²) < 4.78 is 0. The Morgan fingerprint density at radius 1 is 0.871 bits per heavy atom. The van der Waals surface area contributed by atoms with E-state index in [1.165, 1.54) is 0 Å². The zero-order valence-electron chi connectivity index (χ0n) is 17.3. The molecule has 0 fully saturated rings. The first-order valence-electron chi connectivity index (χ1n) is 9.79. The smallest absolute Gasteiger partial charge is 0.326 e. The molecule has 0 bridgehead atoms. The van der Waals surface area contributed by atoms with E-state index in [0.717, 1.165) is 23.5 Å². The third-order valence-electron chi connectivity index (χ3n) is 4.25. The van der Waals surface area contributed by atoms with Gasteiger partial charge in [-0.05, 0) is 12.3 Å². The van der Waals surface area contributed by atoms with Gasteiger partial charge in [0, 0.05) is 16.9 Å². The van der Waals surface area contributed by atoms with Crippen molar-refractivity contribution < 1.29 is 24.3 Å². The topological polar surface area (TPSA) is 101 Å². The van der Waals surface area contributed by atoms with Crippen LogP contribution in [0.25, 0.3) is 0 Å². The van der Waals surface area contributed by atoms with Gasteiger partial charge in [-0.25, -0.2) is 4.79 Å². The maximum Gasteiger partial charge on any atom is 0.326 e. The minimum atomic E-state index is -1.13. The lowest BCUT2D eigenvalue weighted by molar-refractivity contribution is -0.142. The predicted octanol–water partition coefficient (Wildman–Crippen LogP) is 4.12. The fourth-order valence-corrected chi connectivity index (χ4v) is 4.64. The Morgan fingerprint density at radius 2 is 1.39 bits per heavy atom. The summed E-state index contributed by atoms with van der Waals surface area (Å²) >= 11 is 1.73. The Labute approximate surface area is 190 Å². The molecule has 0 aromatic heterocycles. The Kier molecular flexibility index (Phi) is 9.81. The number of amides is 1. The number of carboxylic acid groups (broad SMARTS) is 1. The van der Waals surface area contributed by atoms with Crippen LogP contribution in [0.4, 0.5) is 0 Å². The van der Waals surface area contributed by atoms with Crippen LogP contribution >= 0.6 is 23.5 Å². The van der Waals surface area contributed by atoms with Crippen molar-refractivity contribution in [1.29, 1.82) is 0 Å². The molecule has 0 aliphatic heterocycles. The van der Waals surface area contributed by atoms with E-state index in [0.29, 0.717) is 11.1 Å². The summed E-state index contributed by atoms with van der Waals surface area (Å²) in [5.41, 5.74) is 0.927. The number of thioether (sulfide) groups is 2. The van der Waals surface area contributed by atoms with Crippen molar-refractivity contribution in [3.8, 4) is 0 Å². The van der Waals surface area contributed by atoms with Gasteiger partial charge in [0.2, 0.25) is 16.1 Å². The van der Waals surface area contributed by atoms with Gasteiger partial charge in [-0.2, -0.15) is 0 Å². The van der Waals surface area contributed by atoms with E-state index in [1.807, 2.05) is 13.8 Å². The van der Waals surface area contributed by atoms with Gasteiger partial charge in [-0.15, -0.1) is 0 Å². The fraction of sp³-hybridized carbons (Fsp3) is 0.304. The van der Waals surface area contributed by atoms with E-state index >= 15 is 0 Å². The Balaban J connectivity index is 2.13. The molecule has 0 aliphatic carbocycles. The summed E-state index contributed by atoms with van der Waals surface area (Å²) in [7, 11) is 0. The third kappa shape index (κ3) is 8.22. The molecule has 6 nitrogen and oxygen atoms in total. The standard InChI is InChI=1S/C23H25NO5S2/c1-15(2)13-18(21(26)27)24-20(25)19(31-23(29)17-11-7-4-8-12-17)14-30-22(28)16-9-5-3-6-10-16/h3-12,15,18-19H,13-14H2,1-2H3,(H,24,25)(H,26,27)/t18-,19?/m0/s1. The van der Waals surface area contributed by atoms with Crippen molar-refractivity contribution in [2.45, 2.75) is 31.6 Å². The van der Waals surface area contributed by atoms with Crippen molar-refractivity contribution in [3.63, 3.8) is 0 Å². The Hall–Kier alpha value is -2.58. The van der Waals surface area contributed by atoms with E-state index in [9.17, 15) is 24.3 Å². The van der Waals surface area contributed by atoms with Crippen LogP contribution in [0.1, 0.15) is 41.0 Å². The lowest BCUT2D eigenvalue weighted by Gasteiger charge is -2.20.